The molecule has 0 aliphatic rings. The maximum atomic E-state index is 13.0. The fourth-order valence-corrected chi connectivity index (χ4v) is 2.08. The molecule has 0 radical (unpaired) electrons. The minimum Gasteiger partial charge on any atom is -0.304 e. The van der Waals surface area contributed by atoms with E-state index >= 15 is 0 Å². The lowest BCUT2D eigenvalue weighted by Crippen LogP contribution is -2.26. The number of rotatable bonds is 7. The van der Waals surface area contributed by atoms with Crippen molar-refractivity contribution in [1.29, 1.82) is 0 Å². The van der Waals surface area contributed by atoms with Crippen LogP contribution in [0, 0.1) is 5.82 Å². The van der Waals surface area contributed by atoms with E-state index in [2.05, 4.69) is 34.5 Å². The van der Waals surface area contributed by atoms with Gasteiger partial charge in [-0.2, -0.15) is 0 Å². The van der Waals surface area contributed by atoms with E-state index in [1.165, 1.54) is 12.3 Å². The van der Waals surface area contributed by atoms with Crippen molar-refractivity contribution < 1.29 is 4.39 Å². The maximum Gasteiger partial charge on any atom is 0.141 e. The van der Waals surface area contributed by atoms with Gasteiger partial charge in [0.1, 0.15) is 5.82 Å². The summed E-state index contributed by atoms with van der Waals surface area (Å²) in [7, 11) is 0. The largest absolute Gasteiger partial charge is 0.304 e. The molecule has 0 saturated carbocycles. The molecule has 2 aromatic rings. The van der Waals surface area contributed by atoms with Gasteiger partial charge in [-0.05, 0) is 31.5 Å². The van der Waals surface area contributed by atoms with Crippen LogP contribution in [0.2, 0.25) is 0 Å². The SMILES string of the molecule is CCCNC(c1ccc(F)cn1)c1cnnn1CCC. The molecule has 1 atom stereocenters. The van der Waals surface area contributed by atoms with Crippen LogP contribution in [0.4, 0.5) is 4.39 Å². The molecule has 1 N–H and O–H groups in total. The lowest BCUT2D eigenvalue weighted by Gasteiger charge is -2.18. The quantitative estimate of drug-likeness (QED) is 0.844. The molecule has 0 bridgehead atoms. The van der Waals surface area contributed by atoms with Crippen LogP contribution in [0.1, 0.15) is 44.1 Å². The Kier molecular flexibility index (Phi) is 5.17. The Bertz CT molecular complexity index is 523. The smallest absolute Gasteiger partial charge is 0.141 e. The molecule has 2 rings (SSSR count). The van der Waals surface area contributed by atoms with Crippen molar-refractivity contribution in [3.63, 3.8) is 0 Å². The van der Waals surface area contributed by atoms with Gasteiger partial charge in [0.25, 0.3) is 0 Å². The van der Waals surface area contributed by atoms with Crippen molar-refractivity contribution in [2.24, 2.45) is 0 Å². The van der Waals surface area contributed by atoms with Crippen LogP contribution < -0.4 is 5.32 Å². The predicted octanol–water partition coefficient (Wildman–Crippen LogP) is 2.31. The van der Waals surface area contributed by atoms with Gasteiger partial charge in [-0.3, -0.25) is 4.98 Å². The van der Waals surface area contributed by atoms with Crippen LogP contribution in [0.15, 0.2) is 24.5 Å². The van der Waals surface area contributed by atoms with Gasteiger partial charge in [0, 0.05) is 6.54 Å². The average molecular weight is 277 g/mol. The van der Waals surface area contributed by atoms with Crippen molar-refractivity contribution in [3.05, 3.63) is 41.7 Å². The summed E-state index contributed by atoms with van der Waals surface area (Å²) in [5.74, 6) is -0.330. The zero-order chi connectivity index (χ0) is 14.4. The first kappa shape index (κ1) is 14.6. The summed E-state index contributed by atoms with van der Waals surface area (Å²) in [6, 6.07) is 3.01. The van der Waals surface area contributed by atoms with Gasteiger partial charge in [-0.25, -0.2) is 9.07 Å². The number of aromatic nitrogens is 4. The molecule has 2 heterocycles. The molecule has 0 fully saturated rings. The average Bonchev–Trinajstić information content (AvgIpc) is 2.90. The highest BCUT2D eigenvalue weighted by Gasteiger charge is 2.19. The van der Waals surface area contributed by atoms with E-state index in [1.807, 2.05) is 4.68 Å². The van der Waals surface area contributed by atoms with Crippen LogP contribution in [0.3, 0.4) is 0 Å². The highest BCUT2D eigenvalue weighted by atomic mass is 19.1. The van der Waals surface area contributed by atoms with Crippen LogP contribution in [-0.2, 0) is 6.54 Å². The van der Waals surface area contributed by atoms with E-state index < -0.39 is 0 Å². The zero-order valence-electron chi connectivity index (χ0n) is 11.9. The summed E-state index contributed by atoms with van der Waals surface area (Å²) in [6.45, 7) is 5.85. The molecule has 108 valence electrons. The van der Waals surface area contributed by atoms with Crippen molar-refractivity contribution in [1.82, 2.24) is 25.3 Å². The fraction of sp³-hybridized carbons (Fsp3) is 0.500. The standard InChI is InChI=1S/C14H20FN5/c1-3-7-16-14(12-6-5-11(15)9-17-12)13-10-18-19-20(13)8-4-2/h5-6,9-10,14,16H,3-4,7-8H2,1-2H3. The van der Waals surface area contributed by atoms with Crippen LogP contribution in [0.5, 0.6) is 0 Å². The zero-order valence-corrected chi connectivity index (χ0v) is 11.9. The molecule has 0 aromatic carbocycles. The second-order valence-electron chi connectivity index (χ2n) is 4.67. The second kappa shape index (κ2) is 7.09. The van der Waals surface area contributed by atoms with Gasteiger partial charge < -0.3 is 5.32 Å². The van der Waals surface area contributed by atoms with Crippen molar-refractivity contribution in [3.8, 4) is 0 Å². The summed E-state index contributed by atoms with van der Waals surface area (Å²) in [5, 5.41) is 11.5. The van der Waals surface area contributed by atoms with Gasteiger partial charge in [0.05, 0.1) is 29.8 Å². The molecule has 20 heavy (non-hydrogen) atoms. The Balaban J connectivity index is 2.31. The number of halogens is 1. The van der Waals surface area contributed by atoms with E-state index in [0.29, 0.717) is 0 Å². The van der Waals surface area contributed by atoms with E-state index in [0.717, 1.165) is 37.3 Å². The van der Waals surface area contributed by atoms with Crippen molar-refractivity contribution in [2.75, 3.05) is 6.54 Å². The first-order chi connectivity index (χ1) is 9.76. The third kappa shape index (κ3) is 3.39. The number of hydrogen-bond acceptors (Lipinski definition) is 4. The van der Waals surface area contributed by atoms with Gasteiger partial charge in [-0.15, -0.1) is 5.10 Å². The van der Waals surface area contributed by atoms with Crippen LogP contribution in [0.25, 0.3) is 0 Å². The molecule has 6 heteroatoms. The Morgan fingerprint density at radius 1 is 1.25 bits per heavy atom. The monoisotopic (exact) mass is 277 g/mol. The molecule has 0 saturated heterocycles. The van der Waals surface area contributed by atoms with Gasteiger partial charge in [-0.1, -0.05) is 19.1 Å². The Morgan fingerprint density at radius 2 is 2.10 bits per heavy atom. The topological polar surface area (TPSA) is 55.6 Å². The summed E-state index contributed by atoms with van der Waals surface area (Å²) >= 11 is 0. The van der Waals surface area contributed by atoms with Gasteiger partial charge in [0.15, 0.2) is 0 Å². The molecular formula is C14H20FN5. The lowest BCUT2D eigenvalue weighted by atomic mass is 10.1. The van der Waals surface area contributed by atoms with Crippen LogP contribution in [-0.4, -0.2) is 26.5 Å². The van der Waals surface area contributed by atoms with Crippen LogP contribution >= 0.6 is 0 Å². The van der Waals surface area contributed by atoms with Crippen molar-refractivity contribution >= 4 is 0 Å². The van der Waals surface area contributed by atoms with E-state index in [9.17, 15) is 4.39 Å². The third-order valence-electron chi connectivity index (χ3n) is 3.02. The molecule has 0 aliphatic carbocycles. The molecular weight excluding hydrogens is 257 g/mol. The molecule has 0 spiro atoms. The molecule has 0 aliphatic heterocycles. The summed E-state index contributed by atoms with van der Waals surface area (Å²) in [4.78, 5) is 4.18. The minimum atomic E-state index is -0.330. The van der Waals surface area contributed by atoms with Gasteiger partial charge in [0.2, 0.25) is 0 Å². The highest BCUT2D eigenvalue weighted by molar-refractivity contribution is 5.20. The lowest BCUT2D eigenvalue weighted by molar-refractivity contribution is 0.497. The normalized spacial score (nSPS) is 12.6. The van der Waals surface area contributed by atoms with Gasteiger partial charge >= 0.3 is 0 Å². The maximum absolute atomic E-state index is 13.0. The fourth-order valence-electron chi connectivity index (χ4n) is 2.08. The third-order valence-corrected chi connectivity index (χ3v) is 3.02. The summed E-state index contributed by atoms with van der Waals surface area (Å²) < 4.78 is 14.9. The predicted molar refractivity (Wildman–Crippen MR) is 74.6 cm³/mol. The number of nitrogens with one attached hydrogen (secondary N) is 1. The molecule has 0 amide bonds. The van der Waals surface area contributed by atoms with E-state index in [-0.39, 0.29) is 11.9 Å². The molecule has 1 unspecified atom stereocenters. The number of pyridine rings is 1. The molecule has 5 nitrogen and oxygen atoms in total. The number of aryl methyl sites for hydroxylation is 1. The summed E-state index contributed by atoms with van der Waals surface area (Å²) in [5.41, 5.74) is 1.74. The number of hydrogen-bond donors (Lipinski definition) is 1. The Labute approximate surface area is 118 Å². The highest BCUT2D eigenvalue weighted by Crippen LogP contribution is 2.20. The van der Waals surface area contributed by atoms with E-state index in [1.54, 1.807) is 12.3 Å². The first-order valence-corrected chi connectivity index (χ1v) is 6.99. The Morgan fingerprint density at radius 3 is 2.75 bits per heavy atom. The molecule has 2 aromatic heterocycles. The number of nitrogens with zero attached hydrogens (tertiary/aromatic N) is 4. The second-order valence-corrected chi connectivity index (χ2v) is 4.67. The first-order valence-electron chi connectivity index (χ1n) is 6.99. The van der Waals surface area contributed by atoms with E-state index in [4.69, 9.17) is 0 Å². The minimum absolute atomic E-state index is 0.114. The van der Waals surface area contributed by atoms with Crippen molar-refractivity contribution in [2.45, 2.75) is 39.3 Å². The summed E-state index contributed by atoms with van der Waals surface area (Å²) in [6.07, 6.45) is 4.97. The Hall–Kier alpha value is -1.82.